The monoisotopic (exact) mass is 267 g/mol. The van der Waals surface area contributed by atoms with Crippen LogP contribution in [-0.2, 0) is 16.1 Å². The largest absolute Gasteiger partial charge is 0.289 e. The van der Waals surface area contributed by atoms with Crippen molar-refractivity contribution in [1.29, 1.82) is 0 Å². The van der Waals surface area contributed by atoms with Crippen LogP contribution < -0.4 is 11.3 Å². The van der Waals surface area contributed by atoms with Crippen molar-refractivity contribution < 1.29 is 14.4 Å². The van der Waals surface area contributed by atoms with Crippen molar-refractivity contribution in [1.82, 2.24) is 10.3 Å². The first-order valence-electron chi connectivity index (χ1n) is 5.46. The Morgan fingerprint density at radius 3 is 2.83 bits per heavy atom. The van der Waals surface area contributed by atoms with Gasteiger partial charge in [-0.25, -0.2) is 5.84 Å². The molecular weight excluding hydrogens is 254 g/mol. The summed E-state index contributed by atoms with van der Waals surface area (Å²) in [6.45, 7) is 1.96. The van der Waals surface area contributed by atoms with Gasteiger partial charge in [0.1, 0.15) is 0 Å². The first-order valence-corrected chi connectivity index (χ1v) is 6.28. The Morgan fingerprint density at radius 1 is 1.56 bits per heavy atom. The fourth-order valence-corrected chi connectivity index (χ4v) is 2.73. The summed E-state index contributed by atoms with van der Waals surface area (Å²) in [5.74, 6) is 4.09. The van der Waals surface area contributed by atoms with Gasteiger partial charge in [0.15, 0.2) is 0 Å². The highest BCUT2D eigenvalue weighted by Gasteiger charge is 2.35. The highest BCUT2D eigenvalue weighted by molar-refractivity contribution is 7.14. The van der Waals surface area contributed by atoms with Crippen LogP contribution in [0.5, 0.6) is 0 Å². The van der Waals surface area contributed by atoms with Crippen molar-refractivity contribution in [2.24, 2.45) is 11.8 Å². The molecule has 18 heavy (non-hydrogen) atoms. The lowest BCUT2D eigenvalue weighted by molar-refractivity contribution is -0.139. The van der Waals surface area contributed by atoms with Gasteiger partial charge in [0.25, 0.3) is 5.91 Å². The Balaban J connectivity index is 2.10. The van der Waals surface area contributed by atoms with Gasteiger partial charge >= 0.3 is 0 Å². The van der Waals surface area contributed by atoms with E-state index in [4.69, 9.17) is 5.84 Å². The number of nitrogen functional groups attached to an aromatic ring is 1. The minimum absolute atomic E-state index is 0.154. The molecule has 3 amide bonds. The Hall–Kier alpha value is -1.73. The third-order valence-electron chi connectivity index (χ3n) is 2.80. The van der Waals surface area contributed by atoms with Gasteiger partial charge in [-0.05, 0) is 12.1 Å². The number of hydrogen-bond donors (Lipinski definition) is 2. The zero-order valence-corrected chi connectivity index (χ0v) is 10.6. The summed E-state index contributed by atoms with van der Waals surface area (Å²) in [7, 11) is 0. The molecule has 0 spiro atoms. The molecule has 0 aromatic carbocycles. The van der Waals surface area contributed by atoms with Crippen molar-refractivity contribution >= 4 is 29.1 Å². The highest BCUT2D eigenvalue weighted by atomic mass is 32.1. The number of likely N-dealkylation sites (tertiary alicyclic amines) is 1. The Labute approximate surface area is 108 Å². The number of carbonyl (C=O) groups is 3. The molecule has 96 valence electrons. The maximum Gasteiger partial charge on any atom is 0.275 e. The van der Waals surface area contributed by atoms with Crippen molar-refractivity contribution in [2.75, 3.05) is 0 Å². The lowest BCUT2D eigenvalue weighted by Gasteiger charge is -2.12. The van der Waals surface area contributed by atoms with Gasteiger partial charge in [0, 0.05) is 17.2 Å². The van der Waals surface area contributed by atoms with E-state index in [1.807, 2.05) is 5.43 Å². The normalized spacial score (nSPS) is 19.4. The molecule has 3 N–H and O–H groups in total. The van der Waals surface area contributed by atoms with Gasteiger partial charge in [-0.15, -0.1) is 11.3 Å². The molecule has 1 aliphatic rings. The van der Waals surface area contributed by atoms with Gasteiger partial charge in [-0.2, -0.15) is 0 Å². The molecule has 1 atom stereocenters. The summed E-state index contributed by atoms with van der Waals surface area (Å²) in [5, 5.41) is 0. The summed E-state index contributed by atoms with van der Waals surface area (Å²) in [6, 6.07) is 3.34. The Kier molecular flexibility index (Phi) is 3.44. The first kappa shape index (κ1) is 12.7. The molecule has 0 saturated carbocycles. The summed E-state index contributed by atoms with van der Waals surface area (Å²) in [4.78, 5) is 37.1. The molecule has 1 saturated heterocycles. The van der Waals surface area contributed by atoms with Crippen molar-refractivity contribution in [3.8, 4) is 0 Å². The number of nitrogens with two attached hydrogens (primary N) is 1. The van der Waals surface area contributed by atoms with Crippen LogP contribution in [0.3, 0.4) is 0 Å². The van der Waals surface area contributed by atoms with Crippen LogP contribution in [0.2, 0.25) is 0 Å². The van der Waals surface area contributed by atoms with Crippen LogP contribution in [0.25, 0.3) is 0 Å². The number of rotatable bonds is 3. The fourth-order valence-electron chi connectivity index (χ4n) is 1.83. The van der Waals surface area contributed by atoms with E-state index in [9.17, 15) is 14.4 Å². The minimum Gasteiger partial charge on any atom is -0.289 e. The van der Waals surface area contributed by atoms with Gasteiger partial charge in [0.05, 0.1) is 11.4 Å². The highest BCUT2D eigenvalue weighted by Crippen LogP contribution is 2.24. The number of nitrogens with zero attached hydrogens (tertiary/aromatic N) is 1. The first-order chi connectivity index (χ1) is 8.52. The number of nitrogens with one attached hydrogen (secondary N) is 1. The predicted octanol–water partition coefficient (Wildman–Crippen LogP) is 0.247. The number of amides is 3. The average Bonchev–Trinajstić information content (AvgIpc) is 2.90. The number of hydrogen-bond acceptors (Lipinski definition) is 5. The second kappa shape index (κ2) is 4.87. The van der Waals surface area contributed by atoms with Gasteiger partial charge in [-0.1, -0.05) is 6.92 Å². The molecule has 2 heterocycles. The summed E-state index contributed by atoms with van der Waals surface area (Å²) in [6.07, 6.45) is 0.264. The summed E-state index contributed by atoms with van der Waals surface area (Å²) in [5.41, 5.74) is 2.04. The molecule has 7 heteroatoms. The van der Waals surface area contributed by atoms with Crippen LogP contribution in [0, 0.1) is 5.92 Å². The smallest absolute Gasteiger partial charge is 0.275 e. The van der Waals surface area contributed by atoms with E-state index in [1.165, 1.54) is 16.2 Å². The van der Waals surface area contributed by atoms with Gasteiger partial charge < -0.3 is 0 Å². The van der Waals surface area contributed by atoms with E-state index in [0.717, 1.165) is 4.88 Å². The molecule has 1 aromatic rings. The number of imide groups is 1. The molecular formula is C11H13N3O3S. The fraction of sp³-hybridized carbons (Fsp3) is 0.364. The Morgan fingerprint density at radius 2 is 2.28 bits per heavy atom. The second-order valence-corrected chi connectivity index (χ2v) is 5.33. The zero-order valence-electron chi connectivity index (χ0n) is 9.80. The molecule has 1 unspecified atom stereocenters. The van der Waals surface area contributed by atoms with E-state index in [0.29, 0.717) is 4.88 Å². The lowest BCUT2D eigenvalue weighted by atomic mass is 10.1. The third kappa shape index (κ3) is 2.27. The minimum atomic E-state index is -0.376. The third-order valence-corrected chi connectivity index (χ3v) is 3.87. The molecule has 0 aliphatic carbocycles. The molecule has 1 aromatic heterocycles. The molecule has 1 fully saturated rings. The zero-order chi connectivity index (χ0) is 13.3. The SMILES string of the molecule is CC1CC(=O)N(Cc2ccc(C(=O)NN)s2)C1=O. The molecule has 0 bridgehead atoms. The van der Waals surface area contributed by atoms with E-state index >= 15 is 0 Å². The van der Waals surface area contributed by atoms with Crippen LogP contribution >= 0.6 is 11.3 Å². The van der Waals surface area contributed by atoms with Gasteiger partial charge in [-0.3, -0.25) is 24.7 Å². The molecule has 6 nitrogen and oxygen atoms in total. The van der Waals surface area contributed by atoms with Crippen LogP contribution in [-0.4, -0.2) is 22.6 Å². The molecule has 2 rings (SSSR count). The van der Waals surface area contributed by atoms with Crippen LogP contribution in [0.15, 0.2) is 12.1 Å². The Bertz CT molecular complexity index is 511. The lowest BCUT2D eigenvalue weighted by Crippen LogP contribution is -2.29. The number of hydrazine groups is 1. The second-order valence-electron chi connectivity index (χ2n) is 4.16. The van der Waals surface area contributed by atoms with Gasteiger partial charge in [0.2, 0.25) is 11.8 Å². The van der Waals surface area contributed by atoms with Crippen molar-refractivity contribution in [3.63, 3.8) is 0 Å². The standard InChI is InChI=1S/C11H13N3O3S/c1-6-4-9(15)14(11(6)17)5-7-2-3-8(18-7)10(16)13-12/h2-3,6H,4-5,12H2,1H3,(H,13,16). The topological polar surface area (TPSA) is 92.5 Å². The quantitative estimate of drug-likeness (QED) is 0.355. The number of carbonyl (C=O) groups excluding carboxylic acids is 3. The van der Waals surface area contributed by atoms with E-state index < -0.39 is 0 Å². The van der Waals surface area contributed by atoms with Crippen LogP contribution in [0.4, 0.5) is 0 Å². The maximum absolute atomic E-state index is 11.7. The van der Waals surface area contributed by atoms with E-state index in [2.05, 4.69) is 0 Å². The summed E-state index contributed by atoms with van der Waals surface area (Å²) < 4.78 is 0. The average molecular weight is 267 g/mol. The summed E-state index contributed by atoms with van der Waals surface area (Å²) >= 11 is 1.22. The van der Waals surface area contributed by atoms with Crippen LogP contribution in [0.1, 0.15) is 27.9 Å². The van der Waals surface area contributed by atoms with Crippen molar-refractivity contribution in [3.05, 3.63) is 21.9 Å². The van der Waals surface area contributed by atoms with Crippen molar-refractivity contribution in [2.45, 2.75) is 19.9 Å². The van der Waals surface area contributed by atoms with E-state index in [1.54, 1.807) is 19.1 Å². The van der Waals surface area contributed by atoms with E-state index in [-0.39, 0.29) is 36.6 Å². The maximum atomic E-state index is 11.7. The molecule has 1 aliphatic heterocycles. The number of thiophene rings is 1. The predicted molar refractivity (Wildman–Crippen MR) is 65.3 cm³/mol. The molecule has 0 radical (unpaired) electrons.